The van der Waals surface area contributed by atoms with Gasteiger partial charge < -0.3 is 4.90 Å². The summed E-state index contributed by atoms with van der Waals surface area (Å²) in [6.45, 7) is 4.83. The monoisotopic (exact) mass is 356 g/mol. The van der Waals surface area contributed by atoms with Gasteiger partial charge in [-0.05, 0) is 55.5 Å². The van der Waals surface area contributed by atoms with E-state index in [1.54, 1.807) is 0 Å². The van der Waals surface area contributed by atoms with Crippen LogP contribution in [0.25, 0.3) is 0 Å². The van der Waals surface area contributed by atoms with Crippen molar-refractivity contribution >= 4 is 5.69 Å². The van der Waals surface area contributed by atoms with Crippen LogP contribution in [0, 0.1) is 5.82 Å². The van der Waals surface area contributed by atoms with Crippen molar-refractivity contribution in [3.8, 4) is 0 Å². The van der Waals surface area contributed by atoms with Crippen LogP contribution in [0.1, 0.15) is 29.7 Å². The number of piperazine rings is 1. The molecule has 0 bridgehead atoms. The normalized spacial score (nSPS) is 18.0. The Morgan fingerprint density at radius 2 is 1.69 bits per heavy atom. The summed E-state index contributed by atoms with van der Waals surface area (Å²) in [6, 6.07) is 6.74. The molecule has 6 heteroatoms. The topological polar surface area (TPSA) is 52.2 Å². The van der Waals surface area contributed by atoms with Crippen LogP contribution in [0.2, 0.25) is 0 Å². The molecule has 5 nitrogen and oxygen atoms in total. The molecular formula is C20H25FN4O. The molecule has 2 heterocycles. The second kappa shape index (κ2) is 7.58. The third-order valence-electron chi connectivity index (χ3n) is 5.61. The van der Waals surface area contributed by atoms with Crippen molar-refractivity contribution in [2.24, 2.45) is 0 Å². The summed E-state index contributed by atoms with van der Waals surface area (Å²) in [6.07, 6.45) is 5.01. The number of hydrogen-bond acceptors (Lipinski definition) is 4. The summed E-state index contributed by atoms with van der Waals surface area (Å²) < 4.78 is 13.1. The van der Waals surface area contributed by atoms with Gasteiger partial charge in [-0.15, -0.1) is 0 Å². The summed E-state index contributed by atoms with van der Waals surface area (Å²) in [5, 5.41) is 7.02. The number of aromatic amines is 1. The van der Waals surface area contributed by atoms with E-state index in [9.17, 15) is 9.18 Å². The highest BCUT2D eigenvalue weighted by molar-refractivity contribution is 5.46. The van der Waals surface area contributed by atoms with Crippen molar-refractivity contribution in [2.45, 2.75) is 32.1 Å². The Balaban J connectivity index is 1.34. The van der Waals surface area contributed by atoms with Gasteiger partial charge in [-0.2, -0.15) is 5.10 Å². The van der Waals surface area contributed by atoms with E-state index < -0.39 is 0 Å². The van der Waals surface area contributed by atoms with Gasteiger partial charge in [-0.1, -0.05) is 0 Å². The summed E-state index contributed by atoms with van der Waals surface area (Å²) in [5.41, 5.74) is 4.31. The van der Waals surface area contributed by atoms with Crippen molar-refractivity contribution in [1.82, 2.24) is 15.1 Å². The highest BCUT2D eigenvalue weighted by Gasteiger charge is 2.20. The second-order valence-electron chi connectivity index (χ2n) is 7.22. The number of halogens is 1. The van der Waals surface area contributed by atoms with E-state index in [1.807, 2.05) is 12.1 Å². The van der Waals surface area contributed by atoms with Crippen molar-refractivity contribution in [2.75, 3.05) is 37.6 Å². The summed E-state index contributed by atoms with van der Waals surface area (Å²) in [4.78, 5) is 16.7. The Labute approximate surface area is 152 Å². The number of hydrogen-bond donors (Lipinski definition) is 1. The van der Waals surface area contributed by atoms with E-state index in [2.05, 4.69) is 20.0 Å². The minimum absolute atomic E-state index is 0.00337. The molecule has 0 atom stereocenters. The van der Waals surface area contributed by atoms with Gasteiger partial charge in [0, 0.05) is 50.4 Å². The molecule has 1 N–H and O–H groups in total. The largest absolute Gasteiger partial charge is 0.369 e. The zero-order valence-corrected chi connectivity index (χ0v) is 15.0. The van der Waals surface area contributed by atoms with Crippen molar-refractivity contribution in [1.29, 1.82) is 0 Å². The Hall–Kier alpha value is -2.21. The smallest absolute Gasteiger partial charge is 0.267 e. The highest BCUT2D eigenvalue weighted by atomic mass is 19.1. The van der Waals surface area contributed by atoms with Gasteiger partial charge in [0.15, 0.2) is 0 Å². The predicted molar refractivity (Wildman–Crippen MR) is 100 cm³/mol. The molecule has 2 aliphatic rings. The van der Waals surface area contributed by atoms with Gasteiger partial charge in [0.1, 0.15) is 5.82 Å². The van der Waals surface area contributed by atoms with Gasteiger partial charge in [0.05, 0.1) is 5.69 Å². The molecule has 0 spiro atoms. The van der Waals surface area contributed by atoms with Crippen molar-refractivity contribution in [3.63, 3.8) is 0 Å². The number of rotatable bonds is 4. The highest BCUT2D eigenvalue weighted by Crippen LogP contribution is 2.21. The molecule has 1 aromatic heterocycles. The Morgan fingerprint density at radius 1 is 1.00 bits per heavy atom. The Bertz CT molecular complexity index is 810. The zero-order chi connectivity index (χ0) is 17.9. The summed E-state index contributed by atoms with van der Waals surface area (Å²) in [5.74, 6) is -0.191. The summed E-state index contributed by atoms with van der Waals surface area (Å²) in [7, 11) is 0. The lowest BCUT2D eigenvalue weighted by Crippen LogP contribution is -2.47. The van der Waals surface area contributed by atoms with Gasteiger partial charge >= 0.3 is 0 Å². The lowest BCUT2D eigenvalue weighted by Gasteiger charge is -2.36. The molecule has 0 amide bonds. The maximum atomic E-state index is 13.1. The van der Waals surface area contributed by atoms with E-state index in [4.69, 9.17) is 0 Å². The fourth-order valence-electron chi connectivity index (χ4n) is 4.08. The second-order valence-corrected chi connectivity index (χ2v) is 7.22. The molecule has 0 saturated carbocycles. The number of fused-ring (bicyclic) bond motifs is 1. The van der Waals surface area contributed by atoms with Crippen LogP contribution in [0.5, 0.6) is 0 Å². The number of aromatic nitrogens is 2. The van der Waals surface area contributed by atoms with E-state index in [0.717, 1.165) is 81.8 Å². The summed E-state index contributed by atoms with van der Waals surface area (Å²) >= 11 is 0. The first-order valence-electron chi connectivity index (χ1n) is 9.53. The number of H-pyrrole nitrogens is 1. The molecule has 0 radical (unpaired) electrons. The van der Waals surface area contributed by atoms with Crippen molar-refractivity contribution in [3.05, 3.63) is 57.3 Å². The lowest BCUT2D eigenvalue weighted by molar-refractivity contribution is 0.259. The van der Waals surface area contributed by atoms with Gasteiger partial charge in [0.2, 0.25) is 0 Å². The third-order valence-corrected chi connectivity index (χ3v) is 5.61. The molecule has 26 heavy (non-hydrogen) atoms. The third kappa shape index (κ3) is 3.65. The number of benzene rings is 1. The molecule has 1 aromatic carbocycles. The minimum atomic E-state index is -0.191. The molecule has 1 fully saturated rings. The van der Waals surface area contributed by atoms with Gasteiger partial charge in [0.25, 0.3) is 5.56 Å². The van der Waals surface area contributed by atoms with Gasteiger partial charge in [-0.25, -0.2) is 9.49 Å². The Morgan fingerprint density at radius 3 is 2.42 bits per heavy atom. The van der Waals surface area contributed by atoms with Crippen LogP contribution in [-0.2, 0) is 19.3 Å². The first-order chi connectivity index (χ1) is 12.7. The van der Waals surface area contributed by atoms with Gasteiger partial charge in [-0.3, -0.25) is 9.69 Å². The van der Waals surface area contributed by atoms with Crippen LogP contribution in [0.3, 0.4) is 0 Å². The maximum absolute atomic E-state index is 13.1. The lowest BCUT2D eigenvalue weighted by atomic mass is 9.91. The number of nitrogens with one attached hydrogen (secondary N) is 1. The first-order valence-corrected chi connectivity index (χ1v) is 9.53. The Kier molecular flexibility index (Phi) is 5.02. The number of nitrogens with zero attached hydrogens (tertiary/aromatic N) is 3. The van der Waals surface area contributed by atoms with Crippen LogP contribution in [0.15, 0.2) is 29.1 Å². The molecular weight excluding hydrogens is 331 g/mol. The minimum Gasteiger partial charge on any atom is -0.369 e. The molecule has 4 rings (SSSR count). The van der Waals surface area contributed by atoms with Crippen LogP contribution in [-0.4, -0.2) is 47.8 Å². The quantitative estimate of drug-likeness (QED) is 0.912. The number of anilines is 1. The van der Waals surface area contributed by atoms with Crippen molar-refractivity contribution < 1.29 is 4.39 Å². The average Bonchev–Trinajstić information content (AvgIpc) is 2.69. The molecule has 1 aliphatic carbocycles. The maximum Gasteiger partial charge on any atom is 0.267 e. The molecule has 0 unspecified atom stereocenters. The zero-order valence-electron chi connectivity index (χ0n) is 15.0. The fraction of sp³-hybridized carbons (Fsp3) is 0.500. The van der Waals surface area contributed by atoms with Crippen LogP contribution in [0.4, 0.5) is 10.1 Å². The van der Waals surface area contributed by atoms with Crippen LogP contribution < -0.4 is 10.5 Å². The SMILES string of the molecule is O=c1[nH]nc(CCN2CCN(c3ccc(F)cc3)CC2)c2c1CCCC2. The first kappa shape index (κ1) is 17.2. The average molecular weight is 356 g/mol. The van der Waals surface area contributed by atoms with E-state index in [0.29, 0.717) is 0 Å². The molecule has 2 aromatic rings. The van der Waals surface area contributed by atoms with E-state index in [-0.39, 0.29) is 11.4 Å². The standard InChI is InChI=1S/C20H25FN4O/c21-15-5-7-16(8-6-15)25-13-11-24(12-14-25)10-9-19-17-3-1-2-4-18(17)20(26)23-22-19/h5-8H,1-4,9-14H2,(H,23,26). The molecule has 1 saturated heterocycles. The molecule has 138 valence electrons. The molecule has 1 aliphatic heterocycles. The van der Waals surface area contributed by atoms with E-state index in [1.165, 1.54) is 17.7 Å². The van der Waals surface area contributed by atoms with Crippen LogP contribution >= 0.6 is 0 Å². The predicted octanol–water partition coefficient (Wildman–Crippen LogP) is 2.15. The van der Waals surface area contributed by atoms with E-state index >= 15 is 0 Å². The fourth-order valence-corrected chi connectivity index (χ4v) is 4.08.